The first-order valence-corrected chi connectivity index (χ1v) is 6.83. The number of hydrogen-bond acceptors (Lipinski definition) is 1. The van der Waals surface area contributed by atoms with Crippen LogP contribution in [0, 0.1) is 5.92 Å². The van der Waals surface area contributed by atoms with Crippen molar-refractivity contribution in [1.29, 1.82) is 0 Å². The van der Waals surface area contributed by atoms with Crippen LogP contribution in [0.25, 0.3) is 0 Å². The molecule has 112 valence electrons. The van der Waals surface area contributed by atoms with Gasteiger partial charge in [-0.1, -0.05) is 31.9 Å². The Labute approximate surface area is 115 Å². The summed E-state index contributed by atoms with van der Waals surface area (Å²) >= 11 is 0. The minimum Gasteiger partial charge on any atom is -0.428 e. The van der Waals surface area contributed by atoms with Gasteiger partial charge < -0.3 is 4.74 Å². The highest BCUT2D eigenvalue weighted by atomic mass is 19.3. The largest absolute Gasteiger partial charge is 0.461 e. The predicted octanol–water partition coefficient (Wildman–Crippen LogP) is 5.22. The van der Waals surface area contributed by atoms with Crippen molar-refractivity contribution in [3.05, 3.63) is 29.8 Å². The van der Waals surface area contributed by atoms with E-state index in [-0.39, 0.29) is 5.75 Å². The van der Waals surface area contributed by atoms with E-state index in [1.807, 2.05) is 0 Å². The van der Waals surface area contributed by atoms with Crippen molar-refractivity contribution in [3.8, 4) is 5.75 Å². The number of ether oxygens (including phenoxy) is 1. The van der Waals surface area contributed by atoms with Gasteiger partial charge in [-0.05, 0) is 42.4 Å². The van der Waals surface area contributed by atoms with Crippen molar-refractivity contribution < 1.29 is 22.3 Å². The van der Waals surface area contributed by atoms with Crippen LogP contribution in [0.4, 0.5) is 17.6 Å². The van der Waals surface area contributed by atoms with Crippen LogP contribution in [0.1, 0.15) is 44.1 Å². The zero-order valence-corrected chi connectivity index (χ0v) is 11.3. The van der Waals surface area contributed by atoms with Gasteiger partial charge in [-0.3, -0.25) is 0 Å². The van der Waals surface area contributed by atoms with Crippen LogP contribution in [0.2, 0.25) is 0 Å². The van der Waals surface area contributed by atoms with Crippen LogP contribution < -0.4 is 4.74 Å². The lowest BCUT2D eigenvalue weighted by Gasteiger charge is -2.26. The monoisotopic (exact) mass is 290 g/mol. The molecular formula is C15H18F4O. The summed E-state index contributed by atoms with van der Waals surface area (Å²) in [6, 6.07) is 6.06. The van der Waals surface area contributed by atoms with Crippen molar-refractivity contribution in [1.82, 2.24) is 0 Å². The maximum absolute atomic E-state index is 12.8. The minimum atomic E-state index is -4.44. The number of alkyl halides is 4. The quantitative estimate of drug-likeness (QED) is 0.691. The second-order valence-electron chi connectivity index (χ2n) is 5.49. The van der Waals surface area contributed by atoms with Gasteiger partial charge in [-0.2, -0.15) is 17.6 Å². The van der Waals surface area contributed by atoms with Gasteiger partial charge in [0.05, 0.1) is 0 Å². The fourth-order valence-corrected chi connectivity index (χ4v) is 2.60. The second kappa shape index (κ2) is 6.02. The Kier molecular flexibility index (Phi) is 4.55. The Balaban J connectivity index is 2.00. The summed E-state index contributed by atoms with van der Waals surface area (Å²) in [6.45, 7) is 2.22. The van der Waals surface area contributed by atoms with Gasteiger partial charge >= 0.3 is 12.5 Å². The summed E-state index contributed by atoms with van der Waals surface area (Å²) in [6.07, 6.45) is -3.80. The molecule has 1 nitrogen and oxygen atoms in total. The number of halogens is 4. The molecule has 1 aromatic carbocycles. The molecule has 0 aliphatic heterocycles. The summed E-state index contributed by atoms with van der Waals surface area (Å²) in [7, 11) is 0. The lowest BCUT2D eigenvalue weighted by atomic mass is 9.79. The van der Waals surface area contributed by atoms with E-state index in [0.717, 1.165) is 37.2 Å². The smallest absolute Gasteiger partial charge is 0.428 e. The predicted molar refractivity (Wildman–Crippen MR) is 68.4 cm³/mol. The molecule has 1 aromatic rings. The first kappa shape index (κ1) is 15.1. The second-order valence-corrected chi connectivity index (χ2v) is 5.49. The Bertz CT molecular complexity index is 422. The molecule has 0 saturated heterocycles. The van der Waals surface area contributed by atoms with E-state index in [2.05, 4.69) is 11.7 Å². The van der Waals surface area contributed by atoms with Crippen LogP contribution in [0.15, 0.2) is 24.3 Å². The number of rotatable bonds is 4. The molecule has 0 spiro atoms. The summed E-state index contributed by atoms with van der Waals surface area (Å²) in [5.41, 5.74) is 1.06. The molecule has 0 atom stereocenters. The minimum absolute atomic E-state index is 0.233. The molecule has 5 heteroatoms. The van der Waals surface area contributed by atoms with Gasteiger partial charge in [0, 0.05) is 0 Å². The van der Waals surface area contributed by atoms with Crippen molar-refractivity contribution in [2.24, 2.45) is 5.92 Å². The van der Waals surface area contributed by atoms with E-state index in [1.165, 1.54) is 12.1 Å². The first-order valence-electron chi connectivity index (χ1n) is 6.83. The molecule has 0 bridgehead atoms. The SMILES string of the molecule is C[C@H]1CC[C@H](c2ccc(OC(F)(F)C(F)F)cc2)CC1. The van der Waals surface area contributed by atoms with E-state index in [1.54, 1.807) is 12.1 Å². The standard InChI is InChI=1S/C15H18F4O/c1-10-2-4-11(5-3-10)12-6-8-13(9-7-12)20-15(18,19)14(16)17/h6-11,14H,2-5H2,1H3/t10-,11-. The third-order valence-corrected chi connectivity index (χ3v) is 3.88. The Hall–Kier alpha value is -1.26. The van der Waals surface area contributed by atoms with Crippen molar-refractivity contribution in [3.63, 3.8) is 0 Å². The molecule has 0 unspecified atom stereocenters. The topological polar surface area (TPSA) is 9.23 Å². The molecule has 1 aliphatic rings. The first-order chi connectivity index (χ1) is 9.38. The van der Waals surface area contributed by atoms with Crippen LogP contribution in [0.5, 0.6) is 5.75 Å². The Morgan fingerprint density at radius 2 is 1.60 bits per heavy atom. The third-order valence-electron chi connectivity index (χ3n) is 3.88. The lowest BCUT2D eigenvalue weighted by molar-refractivity contribution is -0.253. The fraction of sp³-hybridized carbons (Fsp3) is 0.600. The molecule has 2 rings (SSSR count). The third kappa shape index (κ3) is 3.64. The molecule has 0 N–H and O–H groups in total. The van der Waals surface area contributed by atoms with Gasteiger partial charge in [-0.25, -0.2) is 0 Å². The van der Waals surface area contributed by atoms with Crippen molar-refractivity contribution in [2.75, 3.05) is 0 Å². The van der Waals surface area contributed by atoms with Crippen LogP contribution in [-0.4, -0.2) is 12.5 Å². The normalized spacial score (nSPS) is 23.9. The molecule has 20 heavy (non-hydrogen) atoms. The zero-order chi connectivity index (χ0) is 14.8. The molecule has 0 heterocycles. The van der Waals surface area contributed by atoms with Crippen LogP contribution >= 0.6 is 0 Å². The molecule has 1 saturated carbocycles. The molecular weight excluding hydrogens is 272 g/mol. The molecule has 0 aromatic heterocycles. The van der Waals surface area contributed by atoms with Crippen molar-refractivity contribution >= 4 is 0 Å². The highest BCUT2D eigenvalue weighted by Crippen LogP contribution is 2.36. The average Bonchev–Trinajstić information content (AvgIpc) is 2.40. The number of hydrogen-bond donors (Lipinski definition) is 0. The number of benzene rings is 1. The maximum Gasteiger partial charge on any atom is 0.461 e. The fourth-order valence-electron chi connectivity index (χ4n) is 2.60. The van der Waals surface area contributed by atoms with Crippen LogP contribution in [0.3, 0.4) is 0 Å². The maximum atomic E-state index is 12.8. The Morgan fingerprint density at radius 1 is 1.05 bits per heavy atom. The summed E-state index contributed by atoms with van der Waals surface area (Å²) < 4.78 is 53.6. The van der Waals surface area contributed by atoms with Crippen LogP contribution in [-0.2, 0) is 0 Å². The van der Waals surface area contributed by atoms with Gasteiger partial charge in [0.2, 0.25) is 0 Å². The average molecular weight is 290 g/mol. The van der Waals surface area contributed by atoms with E-state index in [9.17, 15) is 17.6 Å². The lowest BCUT2D eigenvalue weighted by Crippen LogP contribution is -2.33. The van der Waals surface area contributed by atoms with Crippen molar-refractivity contribution in [2.45, 2.75) is 51.1 Å². The van der Waals surface area contributed by atoms with Gasteiger partial charge in [0.1, 0.15) is 5.75 Å². The molecule has 0 amide bonds. The Morgan fingerprint density at radius 3 is 2.10 bits per heavy atom. The van der Waals surface area contributed by atoms with E-state index in [0.29, 0.717) is 5.92 Å². The van der Waals surface area contributed by atoms with E-state index in [4.69, 9.17) is 0 Å². The highest BCUT2D eigenvalue weighted by Gasteiger charge is 2.43. The van der Waals surface area contributed by atoms with Gasteiger partial charge in [0.15, 0.2) is 0 Å². The van der Waals surface area contributed by atoms with Gasteiger partial charge in [-0.15, -0.1) is 0 Å². The summed E-state index contributed by atoms with van der Waals surface area (Å²) in [4.78, 5) is 0. The van der Waals surface area contributed by atoms with E-state index >= 15 is 0 Å². The zero-order valence-electron chi connectivity index (χ0n) is 11.3. The summed E-state index contributed by atoms with van der Waals surface area (Å²) in [5.74, 6) is 0.928. The highest BCUT2D eigenvalue weighted by molar-refractivity contribution is 5.30. The van der Waals surface area contributed by atoms with Gasteiger partial charge in [0.25, 0.3) is 0 Å². The molecule has 1 aliphatic carbocycles. The molecule has 0 radical (unpaired) electrons. The van der Waals surface area contributed by atoms with E-state index < -0.39 is 12.5 Å². The molecule has 1 fully saturated rings. The summed E-state index contributed by atoms with van der Waals surface area (Å²) in [5, 5.41) is 0.